The molecule has 102 valence electrons. The number of carboxylic acids is 1. The molecule has 4 nitrogen and oxygen atoms in total. The number of carbonyl (C=O) groups is 1. The van der Waals surface area contributed by atoms with E-state index in [1.165, 1.54) is 4.88 Å². The summed E-state index contributed by atoms with van der Waals surface area (Å²) in [4.78, 5) is 14.5. The third-order valence-corrected chi connectivity index (χ3v) is 3.57. The molecule has 1 heterocycles. The molecule has 0 bridgehead atoms. The zero-order valence-electron chi connectivity index (χ0n) is 11.1. The maximum atomic E-state index is 11.1. The molecule has 1 atom stereocenters. The van der Waals surface area contributed by atoms with Crippen molar-refractivity contribution in [3.63, 3.8) is 0 Å². The number of carboxylic acid groups (broad SMARTS) is 1. The van der Waals surface area contributed by atoms with Gasteiger partial charge in [-0.25, -0.2) is 4.79 Å². The lowest BCUT2D eigenvalue weighted by atomic mass is 10.2. The lowest BCUT2D eigenvalue weighted by Crippen LogP contribution is -2.41. The van der Waals surface area contributed by atoms with E-state index in [9.17, 15) is 4.79 Å². The topological polar surface area (TPSA) is 49.8 Å². The van der Waals surface area contributed by atoms with Crippen LogP contribution in [0.4, 0.5) is 0 Å². The van der Waals surface area contributed by atoms with Crippen LogP contribution < -0.4 is 0 Å². The van der Waals surface area contributed by atoms with Gasteiger partial charge in [0.05, 0.1) is 0 Å². The van der Waals surface area contributed by atoms with E-state index in [0.717, 1.165) is 6.54 Å². The monoisotopic (exact) mass is 271 g/mol. The molecule has 0 fully saturated rings. The van der Waals surface area contributed by atoms with Crippen LogP contribution in [0.15, 0.2) is 17.5 Å². The van der Waals surface area contributed by atoms with Crippen LogP contribution in [0.1, 0.15) is 25.6 Å². The van der Waals surface area contributed by atoms with Crippen molar-refractivity contribution in [2.75, 3.05) is 13.2 Å². The van der Waals surface area contributed by atoms with Gasteiger partial charge in [-0.15, -0.1) is 11.3 Å². The SMILES string of the molecule is CCOC(CN(Cc1cccs1)C(C)C)C(=O)O. The maximum Gasteiger partial charge on any atom is 0.334 e. The molecular weight excluding hydrogens is 250 g/mol. The van der Waals surface area contributed by atoms with Crippen molar-refractivity contribution in [2.24, 2.45) is 0 Å². The summed E-state index contributed by atoms with van der Waals surface area (Å²) in [7, 11) is 0. The minimum Gasteiger partial charge on any atom is -0.479 e. The van der Waals surface area contributed by atoms with E-state index >= 15 is 0 Å². The molecule has 0 aliphatic heterocycles. The van der Waals surface area contributed by atoms with Crippen molar-refractivity contribution in [2.45, 2.75) is 39.5 Å². The number of thiophene rings is 1. The Bertz CT molecular complexity index is 351. The Kier molecular flexibility index (Phi) is 6.32. The van der Waals surface area contributed by atoms with Gasteiger partial charge in [0.2, 0.25) is 0 Å². The first-order valence-corrected chi connectivity index (χ1v) is 7.03. The molecule has 0 spiro atoms. The van der Waals surface area contributed by atoms with Crippen LogP contribution >= 0.6 is 11.3 Å². The fourth-order valence-corrected chi connectivity index (χ4v) is 2.41. The first-order valence-electron chi connectivity index (χ1n) is 6.15. The Hall–Kier alpha value is -0.910. The standard InChI is InChI=1S/C13H21NO3S/c1-4-17-12(13(15)16)9-14(10(2)3)8-11-6-5-7-18-11/h5-7,10,12H,4,8-9H2,1-3H3,(H,15,16). The number of hydrogen-bond donors (Lipinski definition) is 1. The molecule has 0 saturated carbocycles. The molecule has 0 aliphatic rings. The summed E-state index contributed by atoms with van der Waals surface area (Å²) in [6, 6.07) is 4.36. The van der Waals surface area contributed by atoms with Gasteiger partial charge >= 0.3 is 5.97 Å². The van der Waals surface area contributed by atoms with Crippen molar-refractivity contribution in [3.8, 4) is 0 Å². The summed E-state index contributed by atoms with van der Waals surface area (Å²) in [5, 5.41) is 11.1. The average Bonchev–Trinajstić information content (AvgIpc) is 2.79. The molecule has 1 aromatic heterocycles. The smallest absolute Gasteiger partial charge is 0.334 e. The van der Waals surface area contributed by atoms with E-state index in [-0.39, 0.29) is 6.04 Å². The quantitative estimate of drug-likeness (QED) is 0.789. The Morgan fingerprint density at radius 1 is 1.56 bits per heavy atom. The van der Waals surface area contributed by atoms with Gasteiger partial charge in [0.1, 0.15) is 0 Å². The van der Waals surface area contributed by atoms with E-state index in [2.05, 4.69) is 24.8 Å². The minimum absolute atomic E-state index is 0.286. The van der Waals surface area contributed by atoms with Crippen molar-refractivity contribution in [1.29, 1.82) is 0 Å². The van der Waals surface area contributed by atoms with Gasteiger partial charge in [-0.1, -0.05) is 6.07 Å². The zero-order chi connectivity index (χ0) is 13.5. The predicted molar refractivity (Wildman–Crippen MR) is 72.9 cm³/mol. The molecule has 0 saturated heterocycles. The normalized spacial score (nSPS) is 13.2. The number of nitrogens with zero attached hydrogens (tertiary/aromatic N) is 1. The number of hydrogen-bond acceptors (Lipinski definition) is 4. The van der Waals surface area contributed by atoms with Crippen LogP contribution in [0.3, 0.4) is 0 Å². The Balaban J connectivity index is 2.63. The first-order chi connectivity index (χ1) is 8.54. The van der Waals surface area contributed by atoms with E-state index in [4.69, 9.17) is 9.84 Å². The molecular formula is C13H21NO3S. The molecule has 0 aliphatic carbocycles. The first kappa shape index (κ1) is 15.1. The van der Waals surface area contributed by atoms with Crippen LogP contribution in [-0.4, -0.2) is 41.3 Å². The van der Waals surface area contributed by atoms with Crippen LogP contribution in [0.5, 0.6) is 0 Å². The lowest BCUT2D eigenvalue weighted by Gasteiger charge is -2.28. The maximum absolute atomic E-state index is 11.1. The molecule has 0 radical (unpaired) electrons. The fourth-order valence-electron chi connectivity index (χ4n) is 1.68. The largest absolute Gasteiger partial charge is 0.479 e. The van der Waals surface area contributed by atoms with Gasteiger partial charge in [-0.2, -0.15) is 0 Å². The highest BCUT2D eigenvalue weighted by atomic mass is 32.1. The van der Waals surface area contributed by atoms with Crippen LogP contribution in [-0.2, 0) is 16.1 Å². The van der Waals surface area contributed by atoms with Crippen LogP contribution in [0, 0.1) is 0 Å². The van der Waals surface area contributed by atoms with Crippen LogP contribution in [0.2, 0.25) is 0 Å². The highest BCUT2D eigenvalue weighted by Crippen LogP contribution is 2.14. The highest BCUT2D eigenvalue weighted by molar-refractivity contribution is 7.09. The molecule has 0 amide bonds. The number of ether oxygens (including phenoxy) is 1. The minimum atomic E-state index is -0.895. The summed E-state index contributed by atoms with van der Waals surface area (Å²) in [5.74, 6) is -0.895. The van der Waals surface area contributed by atoms with Gasteiger partial charge in [0, 0.05) is 30.6 Å². The van der Waals surface area contributed by atoms with Gasteiger partial charge in [-0.05, 0) is 32.2 Å². The predicted octanol–water partition coefficient (Wildman–Crippen LogP) is 2.45. The van der Waals surface area contributed by atoms with Crippen molar-refractivity contribution >= 4 is 17.3 Å². The van der Waals surface area contributed by atoms with Crippen molar-refractivity contribution in [1.82, 2.24) is 4.90 Å². The second-order valence-corrected chi connectivity index (χ2v) is 5.42. The van der Waals surface area contributed by atoms with E-state index < -0.39 is 12.1 Å². The van der Waals surface area contributed by atoms with Crippen LogP contribution in [0.25, 0.3) is 0 Å². The Morgan fingerprint density at radius 2 is 2.28 bits per heavy atom. The van der Waals surface area contributed by atoms with E-state index in [0.29, 0.717) is 13.2 Å². The third-order valence-electron chi connectivity index (χ3n) is 2.71. The number of rotatable bonds is 8. The van der Waals surface area contributed by atoms with Gasteiger partial charge < -0.3 is 9.84 Å². The molecule has 1 N–H and O–H groups in total. The van der Waals surface area contributed by atoms with Gasteiger partial charge in [0.15, 0.2) is 6.10 Å². The summed E-state index contributed by atoms with van der Waals surface area (Å²) < 4.78 is 5.27. The van der Waals surface area contributed by atoms with E-state index in [1.54, 1.807) is 11.3 Å². The lowest BCUT2D eigenvalue weighted by molar-refractivity contribution is -0.151. The molecule has 1 unspecified atom stereocenters. The van der Waals surface area contributed by atoms with E-state index in [1.807, 2.05) is 18.4 Å². The summed E-state index contributed by atoms with van der Waals surface area (Å²) in [5.41, 5.74) is 0. The van der Waals surface area contributed by atoms with Gasteiger partial charge in [0.25, 0.3) is 0 Å². The molecule has 18 heavy (non-hydrogen) atoms. The Morgan fingerprint density at radius 3 is 2.72 bits per heavy atom. The Labute approximate surface area is 112 Å². The zero-order valence-corrected chi connectivity index (χ0v) is 11.9. The highest BCUT2D eigenvalue weighted by Gasteiger charge is 2.23. The second kappa shape index (κ2) is 7.51. The van der Waals surface area contributed by atoms with Gasteiger partial charge in [-0.3, -0.25) is 4.90 Å². The summed E-state index contributed by atoms with van der Waals surface area (Å²) in [6.07, 6.45) is -0.752. The van der Waals surface area contributed by atoms with Crippen molar-refractivity contribution in [3.05, 3.63) is 22.4 Å². The van der Waals surface area contributed by atoms with Crippen molar-refractivity contribution < 1.29 is 14.6 Å². The average molecular weight is 271 g/mol. The molecule has 1 rings (SSSR count). The second-order valence-electron chi connectivity index (χ2n) is 4.38. The fraction of sp³-hybridized carbons (Fsp3) is 0.615. The summed E-state index contributed by atoms with van der Waals surface area (Å²) in [6.45, 7) is 7.55. The molecule has 5 heteroatoms. The summed E-state index contributed by atoms with van der Waals surface area (Å²) >= 11 is 1.69. The molecule has 0 aromatic carbocycles. The number of aliphatic carboxylic acids is 1. The molecule has 1 aromatic rings. The third kappa shape index (κ3) is 4.76.